The molecular weight excluding hydrogens is 489 g/mol. The zero-order valence-corrected chi connectivity index (χ0v) is 22.5. The molecule has 0 aliphatic carbocycles. The molecule has 0 aromatic carbocycles. The fraction of sp³-hybridized carbons (Fsp3) is 0.826. The highest BCUT2D eigenvalue weighted by Gasteiger charge is 2.40. The second kappa shape index (κ2) is 10.8. The van der Waals surface area contributed by atoms with Gasteiger partial charge in [0.15, 0.2) is 0 Å². The van der Waals surface area contributed by atoms with Crippen LogP contribution < -0.4 is 0 Å². The zero-order valence-electron chi connectivity index (χ0n) is 19.2. The monoisotopic (exact) mass is 522 g/mol. The van der Waals surface area contributed by atoms with Gasteiger partial charge in [0, 0.05) is 38.0 Å². The van der Waals surface area contributed by atoms with E-state index in [0.717, 1.165) is 23.3 Å². The van der Waals surface area contributed by atoms with E-state index in [0.29, 0.717) is 11.8 Å². The summed E-state index contributed by atoms with van der Waals surface area (Å²) in [5, 5.41) is 2.45. The van der Waals surface area contributed by atoms with Crippen molar-refractivity contribution in [3.8, 4) is 0 Å². The van der Waals surface area contributed by atoms with Crippen LogP contribution in [0.3, 0.4) is 0 Å². The molecule has 6 atom stereocenters. The predicted molar refractivity (Wildman–Crippen MR) is 139 cm³/mol. The molecule has 6 rings (SSSR count). The highest BCUT2D eigenvalue weighted by Crippen LogP contribution is 2.42. The van der Waals surface area contributed by atoms with E-state index in [1.165, 1.54) is 129 Å². The molecule has 0 spiro atoms. The Bertz CT molecular complexity index is 846. The number of aromatic nitrogens is 4. The number of nitrogens with zero attached hydrogens (tertiary/aromatic N) is 6. The Morgan fingerprint density at radius 3 is 1.67 bits per heavy atom. The highest BCUT2D eigenvalue weighted by molar-refractivity contribution is 7.99. The van der Waals surface area contributed by atoms with E-state index in [1.807, 2.05) is 23.5 Å². The smallest absolute Gasteiger partial charge is 0.134 e. The zero-order chi connectivity index (χ0) is 22.0. The first-order valence-electron chi connectivity index (χ1n) is 12.7. The number of hydrogen-bond donors (Lipinski definition) is 0. The van der Waals surface area contributed by atoms with Crippen molar-refractivity contribution in [2.45, 2.75) is 66.8 Å². The fourth-order valence-electron chi connectivity index (χ4n) is 6.39. The standard InChI is InChI=1S/C23H34N6S4/c1(2-10-30-22-20(24-32-26-22)18-14-28-8-4-6-16(18)12-28)3-11-31-23-21(25-33-27-23)19-15-29-9-5-7-17(19)13-29/h16-19H,1-15H2. The summed E-state index contributed by atoms with van der Waals surface area (Å²) in [5.74, 6) is 5.19. The van der Waals surface area contributed by atoms with E-state index in [9.17, 15) is 0 Å². The third kappa shape index (κ3) is 5.16. The molecule has 2 aromatic rings. The Labute approximate surface area is 214 Å². The van der Waals surface area contributed by atoms with Crippen LogP contribution in [0.25, 0.3) is 0 Å². The quantitative estimate of drug-likeness (QED) is 0.317. The second-order valence-electron chi connectivity index (χ2n) is 10.2. The Hall–Kier alpha value is -0.260. The molecule has 0 N–H and O–H groups in total. The predicted octanol–water partition coefficient (Wildman–Crippen LogP) is 5.06. The van der Waals surface area contributed by atoms with Crippen LogP contribution >= 0.6 is 47.0 Å². The van der Waals surface area contributed by atoms with Crippen molar-refractivity contribution in [1.29, 1.82) is 0 Å². The number of hydrogen-bond acceptors (Lipinski definition) is 10. The third-order valence-electron chi connectivity index (χ3n) is 8.06. The van der Waals surface area contributed by atoms with Gasteiger partial charge in [-0.15, -0.1) is 23.5 Å². The van der Waals surface area contributed by atoms with Crippen molar-refractivity contribution in [2.24, 2.45) is 11.8 Å². The average molecular weight is 523 g/mol. The second-order valence-corrected chi connectivity index (χ2v) is 13.4. The molecule has 180 valence electrons. The summed E-state index contributed by atoms with van der Waals surface area (Å²) in [4.78, 5) is 5.26. The van der Waals surface area contributed by atoms with Gasteiger partial charge in [0.1, 0.15) is 10.1 Å². The first kappa shape index (κ1) is 23.2. The maximum absolute atomic E-state index is 4.74. The summed E-state index contributed by atoms with van der Waals surface area (Å²) in [6.07, 6.45) is 9.25. The molecule has 2 aromatic heterocycles. The summed E-state index contributed by atoms with van der Waals surface area (Å²) in [6.45, 7) is 7.52. The van der Waals surface area contributed by atoms with Crippen molar-refractivity contribution in [3.63, 3.8) is 0 Å². The lowest BCUT2D eigenvalue weighted by Gasteiger charge is -2.21. The van der Waals surface area contributed by atoms with Crippen LogP contribution in [0.2, 0.25) is 0 Å². The normalized spacial score (nSPS) is 33.1. The van der Waals surface area contributed by atoms with Gasteiger partial charge in [-0.25, -0.2) is 0 Å². The Kier molecular flexibility index (Phi) is 7.57. The van der Waals surface area contributed by atoms with Crippen molar-refractivity contribution in [1.82, 2.24) is 27.3 Å². The van der Waals surface area contributed by atoms with Crippen molar-refractivity contribution < 1.29 is 0 Å². The third-order valence-corrected chi connectivity index (χ3v) is 11.5. The lowest BCUT2D eigenvalue weighted by Crippen LogP contribution is -2.25. The maximum atomic E-state index is 4.74. The minimum Gasteiger partial charge on any atom is -0.302 e. The highest BCUT2D eigenvalue weighted by atomic mass is 32.2. The largest absolute Gasteiger partial charge is 0.302 e. The van der Waals surface area contributed by atoms with E-state index < -0.39 is 0 Å². The Morgan fingerprint density at radius 1 is 0.667 bits per heavy atom. The van der Waals surface area contributed by atoms with Gasteiger partial charge in [-0.1, -0.05) is 6.42 Å². The number of rotatable bonds is 10. The van der Waals surface area contributed by atoms with E-state index in [1.54, 1.807) is 0 Å². The molecular formula is C23H34N6S4. The molecule has 0 amide bonds. The molecule has 0 saturated carbocycles. The summed E-state index contributed by atoms with van der Waals surface area (Å²) in [5.41, 5.74) is 2.62. The van der Waals surface area contributed by atoms with Crippen molar-refractivity contribution in [2.75, 3.05) is 50.8 Å². The molecule has 4 aliphatic rings. The van der Waals surface area contributed by atoms with Gasteiger partial charge in [0.25, 0.3) is 0 Å². The van der Waals surface area contributed by atoms with Crippen LogP contribution in [0, 0.1) is 11.8 Å². The fourth-order valence-corrected chi connectivity index (χ4v) is 9.94. The SMILES string of the molecule is C(CCSc1nsnc1C1CN2CCCC1C2)CCSc1nsnc1C1CN2CCCC1C2. The average Bonchev–Trinajstić information content (AvgIpc) is 3.60. The molecule has 0 radical (unpaired) electrons. The lowest BCUT2D eigenvalue weighted by atomic mass is 9.89. The minimum absolute atomic E-state index is 0.627. The van der Waals surface area contributed by atoms with E-state index in [2.05, 4.69) is 18.5 Å². The number of thioether (sulfide) groups is 2. The molecule has 10 heteroatoms. The lowest BCUT2D eigenvalue weighted by molar-refractivity contribution is 0.269. The first-order valence-corrected chi connectivity index (χ1v) is 16.1. The molecule has 4 saturated heterocycles. The van der Waals surface area contributed by atoms with Crippen LogP contribution in [0.1, 0.15) is 68.2 Å². The topological polar surface area (TPSA) is 58.0 Å². The van der Waals surface area contributed by atoms with Crippen LogP contribution in [0.15, 0.2) is 10.1 Å². The van der Waals surface area contributed by atoms with Gasteiger partial charge in [0.05, 0.1) is 34.8 Å². The summed E-state index contributed by atoms with van der Waals surface area (Å²) >= 11 is 6.72. The van der Waals surface area contributed by atoms with Crippen LogP contribution in [-0.4, -0.2) is 78.1 Å². The van der Waals surface area contributed by atoms with Gasteiger partial charge >= 0.3 is 0 Å². The van der Waals surface area contributed by atoms with Crippen LogP contribution in [0.5, 0.6) is 0 Å². The van der Waals surface area contributed by atoms with Gasteiger partial charge in [-0.2, -0.15) is 17.5 Å². The molecule has 4 fully saturated rings. The molecule has 4 bridgehead atoms. The molecule has 33 heavy (non-hydrogen) atoms. The van der Waals surface area contributed by atoms with Crippen LogP contribution in [-0.2, 0) is 0 Å². The van der Waals surface area contributed by atoms with Gasteiger partial charge in [-0.3, -0.25) is 0 Å². The summed E-state index contributed by atoms with van der Waals surface area (Å²) < 4.78 is 18.8. The van der Waals surface area contributed by atoms with E-state index >= 15 is 0 Å². The van der Waals surface area contributed by atoms with Gasteiger partial charge in [-0.05, 0) is 75.0 Å². The Morgan fingerprint density at radius 2 is 1.18 bits per heavy atom. The molecule has 6 nitrogen and oxygen atoms in total. The van der Waals surface area contributed by atoms with Gasteiger partial charge in [0.2, 0.25) is 0 Å². The molecule has 6 heterocycles. The van der Waals surface area contributed by atoms with E-state index in [4.69, 9.17) is 8.75 Å². The van der Waals surface area contributed by atoms with E-state index in [-0.39, 0.29) is 0 Å². The summed E-state index contributed by atoms with van der Waals surface area (Å²) in [6, 6.07) is 0. The van der Waals surface area contributed by atoms with Gasteiger partial charge < -0.3 is 9.80 Å². The number of fused-ring (bicyclic) bond motifs is 4. The Balaban J connectivity index is 0.920. The number of piperidine rings is 2. The van der Waals surface area contributed by atoms with Crippen molar-refractivity contribution >= 4 is 47.0 Å². The van der Waals surface area contributed by atoms with Crippen molar-refractivity contribution in [3.05, 3.63) is 11.4 Å². The first-order chi connectivity index (χ1) is 16.3. The molecule has 4 aliphatic heterocycles. The minimum atomic E-state index is 0.627. The maximum Gasteiger partial charge on any atom is 0.134 e. The van der Waals surface area contributed by atoms with Crippen LogP contribution in [0.4, 0.5) is 0 Å². The summed E-state index contributed by atoms with van der Waals surface area (Å²) in [7, 11) is 0. The number of unbranched alkanes of at least 4 members (excludes halogenated alkanes) is 2. The molecule has 6 unspecified atom stereocenters.